The van der Waals surface area contributed by atoms with Crippen molar-refractivity contribution in [2.45, 2.75) is 52.7 Å². The summed E-state index contributed by atoms with van der Waals surface area (Å²) in [5.41, 5.74) is 4.40. The number of aryl methyl sites for hydroxylation is 1. The normalized spacial score (nSPS) is 17.5. The van der Waals surface area contributed by atoms with E-state index in [1.165, 1.54) is 29.9 Å². The summed E-state index contributed by atoms with van der Waals surface area (Å²) in [4.78, 5) is 34.9. The molecule has 1 fully saturated rings. The highest BCUT2D eigenvalue weighted by molar-refractivity contribution is 7.07. The minimum Gasteiger partial charge on any atom is -0.496 e. The summed E-state index contributed by atoms with van der Waals surface area (Å²) < 4.78 is 13.3. The molecule has 0 N–H and O–H groups in total. The Bertz CT molecular complexity index is 1650. The van der Waals surface area contributed by atoms with Crippen molar-refractivity contribution < 1.29 is 14.3 Å². The molecule has 204 valence electrons. The molecule has 0 unspecified atom stereocenters. The predicted octanol–water partition coefficient (Wildman–Crippen LogP) is 4.76. The topological polar surface area (TPSA) is 73.1 Å². The van der Waals surface area contributed by atoms with Crippen LogP contribution < -0.4 is 24.5 Å². The molecule has 2 aliphatic rings. The molecular formula is C30H32ClN3O4S. The first-order valence-electron chi connectivity index (χ1n) is 13.1. The van der Waals surface area contributed by atoms with Crippen molar-refractivity contribution in [2.24, 2.45) is 4.99 Å². The highest BCUT2D eigenvalue weighted by Gasteiger charge is 2.35. The average molecular weight is 566 g/mol. The number of carbonyl (C=O) groups is 1. The second kappa shape index (κ2) is 11.0. The van der Waals surface area contributed by atoms with E-state index in [0.29, 0.717) is 31.4 Å². The van der Waals surface area contributed by atoms with Crippen LogP contribution in [0.2, 0.25) is 5.02 Å². The Kier molecular flexibility index (Phi) is 7.69. The Morgan fingerprint density at radius 1 is 1.15 bits per heavy atom. The smallest absolute Gasteiger partial charge is 0.338 e. The average Bonchev–Trinajstić information content (AvgIpc) is 3.52. The molecule has 2 aromatic carbocycles. The molecule has 0 radical (unpaired) electrons. The number of allylic oxidation sites excluding steroid dienone is 1. The van der Waals surface area contributed by atoms with Gasteiger partial charge in [-0.05, 0) is 88.1 Å². The minimum absolute atomic E-state index is 0.240. The van der Waals surface area contributed by atoms with Gasteiger partial charge in [-0.1, -0.05) is 29.0 Å². The molecule has 0 bridgehead atoms. The van der Waals surface area contributed by atoms with Crippen LogP contribution in [0.5, 0.6) is 5.75 Å². The summed E-state index contributed by atoms with van der Waals surface area (Å²) in [6, 6.07) is 10.7. The van der Waals surface area contributed by atoms with Gasteiger partial charge in [0.25, 0.3) is 5.56 Å². The fourth-order valence-electron chi connectivity index (χ4n) is 5.21. The van der Waals surface area contributed by atoms with Crippen molar-refractivity contribution in [1.29, 1.82) is 0 Å². The van der Waals surface area contributed by atoms with Gasteiger partial charge < -0.3 is 14.4 Å². The molecule has 9 heteroatoms. The highest BCUT2D eigenvalue weighted by atomic mass is 35.5. The Hall–Kier alpha value is -3.36. The van der Waals surface area contributed by atoms with Crippen LogP contribution in [-0.2, 0) is 9.53 Å². The van der Waals surface area contributed by atoms with E-state index in [1.807, 2.05) is 6.08 Å². The highest BCUT2D eigenvalue weighted by Crippen LogP contribution is 2.37. The number of anilines is 1. The van der Waals surface area contributed by atoms with Gasteiger partial charge in [0.1, 0.15) is 11.8 Å². The number of fused-ring (bicyclic) bond motifs is 1. The van der Waals surface area contributed by atoms with Crippen molar-refractivity contribution in [3.8, 4) is 5.75 Å². The number of methoxy groups -OCH3 is 1. The molecule has 7 nitrogen and oxygen atoms in total. The molecule has 0 saturated carbocycles. The van der Waals surface area contributed by atoms with Gasteiger partial charge in [0.2, 0.25) is 0 Å². The zero-order valence-corrected chi connectivity index (χ0v) is 24.4. The second-order valence-corrected chi connectivity index (χ2v) is 11.6. The van der Waals surface area contributed by atoms with Crippen LogP contribution in [0.3, 0.4) is 0 Å². The first-order chi connectivity index (χ1) is 18.7. The van der Waals surface area contributed by atoms with Crippen molar-refractivity contribution in [1.82, 2.24) is 4.57 Å². The number of hydrogen-bond acceptors (Lipinski definition) is 7. The van der Waals surface area contributed by atoms with E-state index in [-0.39, 0.29) is 17.2 Å². The summed E-state index contributed by atoms with van der Waals surface area (Å²) in [7, 11) is 1.55. The second-order valence-electron chi connectivity index (χ2n) is 10.2. The van der Waals surface area contributed by atoms with Gasteiger partial charge in [0.05, 0.1) is 29.0 Å². The van der Waals surface area contributed by atoms with Gasteiger partial charge in [-0.2, -0.15) is 0 Å². The number of aromatic nitrogens is 1. The van der Waals surface area contributed by atoms with Crippen LogP contribution in [0.25, 0.3) is 6.08 Å². The Labute approximate surface area is 236 Å². The molecular weight excluding hydrogens is 534 g/mol. The van der Waals surface area contributed by atoms with Gasteiger partial charge in [0, 0.05) is 29.4 Å². The molecule has 0 aliphatic carbocycles. The molecule has 3 aromatic rings. The lowest BCUT2D eigenvalue weighted by molar-refractivity contribution is -0.143. The largest absolute Gasteiger partial charge is 0.496 e. The summed E-state index contributed by atoms with van der Waals surface area (Å²) in [6.07, 6.45) is 4.00. The molecule has 2 aliphatic heterocycles. The Balaban J connectivity index is 1.68. The molecule has 1 aromatic heterocycles. The maximum Gasteiger partial charge on any atom is 0.338 e. The maximum absolute atomic E-state index is 14.0. The zero-order valence-electron chi connectivity index (χ0n) is 22.8. The standard InChI is InChI=1S/C30H32ClN3O4S/c1-17(2)38-29(36)26-19(4)32-30-34(27(26)23-16-21(31)9-11-24(23)37-5)28(35)25(39-30)15-20-8-10-22(14-18(20)3)33-12-6-7-13-33/h8-11,14-17,27H,6-7,12-13H2,1-5H3/b25-15-/t27-/m1/s1. The number of rotatable bonds is 6. The molecule has 39 heavy (non-hydrogen) atoms. The monoisotopic (exact) mass is 565 g/mol. The third-order valence-corrected chi connectivity index (χ3v) is 8.30. The van der Waals surface area contributed by atoms with Gasteiger partial charge in [0.15, 0.2) is 4.80 Å². The number of carbonyl (C=O) groups excluding carboxylic acids is 1. The van der Waals surface area contributed by atoms with Gasteiger partial charge in [-0.25, -0.2) is 9.79 Å². The number of halogens is 1. The van der Waals surface area contributed by atoms with Crippen molar-refractivity contribution in [3.63, 3.8) is 0 Å². The third kappa shape index (κ3) is 5.28. The zero-order chi connectivity index (χ0) is 27.8. The van der Waals surface area contributed by atoms with Gasteiger partial charge in [-0.15, -0.1) is 0 Å². The predicted molar refractivity (Wildman–Crippen MR) is 156 cm³/mol. The van der Waals surface area contributed by atoms with E-state index in [1.54, 1.807) is 50.6 Å². The van der Waals surface area contributed by atoms with Crippen molar-refractivity contribution in [3.05, 3.63) is 89.1 Å². The van der Waals surface area contributed by atoms with Crippen molar-refractivity contribution >= 4 is 40.7 Å². The number of esters is 1. The lowest BCUT2D eigenvalue weighted by atomic mass is 9.95. The number of hydrogen-bond donors (Lipinski definition) is 0. The number of benzene rings is 2. The van der Waals surface area contributed by atoms with Crippen LogP contribution in [0.1, 0.15) is 56.3 Å². The van der Waals surface area contributed by atoms with Crippen LogP contribution in [0, 0.1) is 6.92 Å². The molecule has 0 spiro atoms. The Morgan fingerprint density at radius 3 is 2.56 bits per heavy atom. The van der Waals surface area contributed by atoms with Crippen LogP contribution in [0.15, 0.2) is 57.5 Å². The first kappa shape index (κ1) is 27.2. The van der Waals surface area contributed by atoms with E-state index in [4.69, 9.17) is 21.1 Å². The fraction of sp³-hybridized carbons (Fsp3) is 0.367. The van der Waals surface area contributed by atoms with E-state index >= 15 is 0 Å². The lowest BCUT2D eigenvalue weighted by Gasteiger charge is -2.26. The summed E-state index contributed by atoms with van der Waals surface area (Å²) in [6.45, 7) is 9.55. The van der Waals surface area contributed by atoms with Gasteiger partial charge >= 0.3 is 5.97 Å². The van der Waals surface area contributed by atoms with Crippen molar-refractivity contribution in [2.75, 3.05) is 25.1 Å². The van der Waals surface area contributed by atoms with E-state index < -0.39 is 12.0 Å². The molecule has 1 saturated heterocycles. The quantitative estimate of drug-likeness (QED) is 0.403. The summed E-state index contributed by atoms with van der Waals surface area (Å²) in [5.74, 6) is -0.0159. The maximum atomic E-state index is 14.0. The van der Waals surface area contributed by atoms with E-state index in [9.17, 15) is 9.59 Å². The van der Waals surface area contributed by atoms with Crippen LogP contribution in [-0.4, -0.2) is 36.8 Å². The molecule has 3 heterocycles. The molecule has 5 rings (SSSR count). The number of thiazole rings is 1. The SMILES string of the molecule is COc1ccc(Cl)cc1[C@@H]1C(C(=O)OC(C)C)=C(C)N=c2s/c(=C\c3ccc(N4CCCC4)cc3C)c(=O)n21. The molecule has 0 amide bonds. The Morgan fingerprint density at radius 2 is 1.90 bits per heavy atom. The first-order valence-corrected chi connectivity index (χ1v) is 14.3. The number of ether oxygens (including phenoxy) is 2. The molecule has 1 atom stereocenters. The third-order valence-electron chi connectivity index (χ3n) is 7.08. The van der Waals surface area contributed by atoms with E-state index in [0.717, 1.165) is 24.2 Å². The van der Waals surface area contributed by atoms with Crippen LogP contribution >= 0.6 is 22.9 Å². The number of nitrogens with zero attached hydrogens (tertiary/aromatic N) is 3. The summed E-state index contributed by atoms with van der Waals surface area (Å²) in [5, 5.41) is 0.466. The fourth-order valence-corrected chi connectivity index (χ4v) is 6.43. The van der Waals surface area contributed by atoms with E-state index in [2.05, 4.69) is 35.0 Å². The van der Waals surface area contributed by atoms with Gasteiger partial charge in [-0.3, -0.25) is 9.36 Å². The lowest BCUT2D eigenvalue weighted by Crippen LogP contribution is -2.40. The minimum atomic E-state index is -0.804. The van der Waals surface area contributed by atoms with Crippen LogP contribution in [0.4, 0.5) is 5.69 Å². The summed E-state index contributed by atoms with van der Waals surface area (Å²) >= 11 is 7.69.